The summed E-state index contributed by atoms with van der Waals surface area (Å²) in [5.74, 6) is -0.196. The largest absolute Gasteiger partial charge is 0.376 e. The highest BCUT2D eigenvalue weighted by molar-refractivity contribution is 5.92. The van der Waals surface area contributed by atoms with Crippen molar-refractivity contribution in [3.05, 3.63) is 76.3 Å². The van der Waals surface area contributed by atoms with Gasteiger partial charge in [-0.25, -0.2) is 0 Å². The molecule has 0 bridgehead atoms. The highest BCUT2D eigenvalue weighted by Crippen LogP contribution is 2.17. The highest BCUT2D eigenvalue weighted by Gasteiger charge is 2.25. The molecule has 1 saturated heterocycles. The molecule has 1 amide bonds. The van der Waals surface area contributed by atoms with Gasteiger partial charge in [0.05, 0.1) is 12.6 Å². The van der Waals surface area contributed by atoms with Gasteiger partial charge in [0.15, 0.2) is 0 Å². The lowest BCUT2D eigenvalue weighted by atomic mass is 10.1. The first kappa shape index (κ1) is 17.4. The Morgan fingerprint density at radius 2 is 2.07 bits per heavy atom. The summed E-state index contributed by atoms with van der Waals surface area (Å²) in [7, 11) is 0. The van der Waals surface area contributed by atoms with Crippen molar-refractivity contribution in [2.75, 3.05) is 13.2 Å². The quantitative estimate of drug-likeness (QED) is 0.756. The number of H-pyrrole nitrogens is 1. The van der Waals surface area contributed by atoms with E-state index in [0.717, 1.165) is 23.7 Å². The Kier molecular flexibility index (Phi) is 4.98. The molecule has 2 aromatic heterocycles. The molecule has 3 aromatic rings. The molecule has 0 aliphatic carbocycles. The zero-order valence-corrected chi connectivity index (χ0v) is 14.9. The second-order valence-corrected chi connectivity index (χ2v) is 6.75. The number of amides is 1. The van der Waals surface area contributed by atoms with Crippen LogP contribution in [0.5, 0.6) is 0 Å². The Hall–Kier alpha value is -2.99. The normalized spacial score (nSPS) is 16.5. The average molecular weight is 363 g/mol. The van der Waals surface area contributed by atoms with E-state index in [1.807, 2.05) is 30.3 Å². The Morgan fingerprint density at radius 3 is 2.85 bits per heavy atom. The molecular formula is C21H21N3O3. The van der Waals surface area contributed by atoms with Crippen molar-refractivity contribution < 1.29 is 9.53 Å². The van der Waals surface area contributed by atoms with Crippen LogP contribution in [0, 0.1) is 0 Å². The lowest BCUT2D eigenvalue weighted by Gasteiger charge is -2.25. The molecule has 4 rings (SSSR count). The van der Waals surface area contributed by atoms with E-state index in [1.165, 1.54) is 0 Å². The number of carbonyl (C=O) groups excluding carboxylic acids is 1. The molecule has 1 N–H and O–H groups in total. The van der Waals surface area contributed by atoms with Crippen LogP contribution in [-0.4, -0.2) is 40.0 Å². The number of rotatable bonds is 5. The van der Waals surface area contributed by atoms with Crippen LogP contribution >= 0.6 is 0 Å². The third-order valence-electron chi connectivity index (χ3n) is 4.81. The van der Waals surface area contributed by atoms with Crippen LogP contribution in [0.15, 0.2) is 59.5 Å². The van der Waals surface area contributed by atoms with Gasteiger partial charge in [-0.15, -0.1) is 0 Å². The smallest absolute Gasteiger partial charge is 0.272 e. The molecule has 1 aliphatic rings. The van der Waals surface area contributed by atoms with E-state index < -0.39 is 0 Å². The molecule has 0 spiro atoms. The number of para-hydroxylation sites is 1. The SMILES string of the molecule is O=C(c1ccccn1)N(Cc1cc2ccccc2[nH]c1=O)C[C@@H]1CCCO1. The van der Waals surface area contributed by atoms with E-state index >= 15 is 0 Å². The maximum atomic E-state index is 13.0. The first-order chi connectivity index (χ1) is 13.2. The van der Waals surface area contributed by atoms with Gasteiger partial charge in [-0.1, -0.05) is 24.3 Å². The number of pyridine rings is 2. The van der Waals surface area contributed by atoms with E-state index in [-0.39, 0.29) is 24.1 Å². The fraction of sp³-hybridized carbons (Fsp3) is 0.286. The molecule has 1 fully saturated rings. The number of fused-ring (bicyclic) bond motifs is 1. The third-order valence-corrected chi connectivity index (χ3v) is 4.81. The number of hydrogen-bond acceptors (Lipinski definition) is 4. The van der Waals surface area contributed by atoms with Crippen LogP contribution in [0.4, 0.5) is 0 Å². The summed E-state index contributed by atoms with van der Waals surface area (Å²) >= 11 is 0. The monoisotopic (exact) mass is 363 g/mol. The van der Waals surface area contributed by atoms with Crippen molar-refractivity contribution in [3.8, 4) is 0 Å². The Morgan fingerprint density at radius 1 is 1.22 bits per heavy atom. The Bertz CT molecular complexity index is 994. The summed E-state index contributed by atoms with van der Waals surface area (Å²) in [5.41, 5.74) is 1.52. The second-order valence-electron chi connectivity index (χ2n) is 6.75. The predicted octanol–water partition coefficient (Wildman–Crippen LogP) is 2.74. The van der Waals surface area contributed by atoms with E-state index in [9.17, 15) is 9.59 Å². The zero-order chi connectivity index (χ0) is 18.6. The minimum Gasteiger partial charge on any atom is -0.376 e. The fourth-order valence-electron chi connectivity index (χ4n) is 3.42. The van der Waals surface area contributed by atoms with Gasteiger partial charge >= 0.3 is 0 Å². The molecule has 1 aromatic carbocycles. The molecule has 6 nitrogen and oxygen atoms in total. The van der Waals surface area contributed by atoms with Gasteiger partial charge < -0.3 is 14.6 Å². The maximum Gasteiger partial charge on any atom is 0.272 e. The van der Waals surface area contributed by atoms with Crippen molar-refractivity contribution in [2.24, 2.45) is 0 Å². The van der Waals surface area contributed by atoms with E-state index in [0.29, 0.717) is 24.4 Å². The van der Waals surface area contributed by atoms with Crippen LogP contribution in [0.25, 0.3) is 10.9 Å². The van der Waals surface area contributed by atoms with E-state index in [4.69, 9.17) is 4.74 Å². The highest BCUT2D eigenvalue weighted by atomic mass is 16.5. The molecular weight excluding hydrogens is 342 g/mol. The number of carbonyl (C=O) groups is 1. The molecule has 0 radical (unpaired) electrons. The van der Waals surface area contributed by atoms with Gasteiger partial charge in [0.25, 0.3) is 11.5 Å². The first-order valence-corrected chi connectivity index (χ1v) is 9.13. The minimum absolute atomic E-state index is 0.00259. The van der Waals surface area contributed by atoms with Gasteiger partial charge in [-0.3, -0.25) is 14.6 Å². The third kappa shape index (κ3) is 3.90. The minimum atomic E-state index is -0.196. The molecule has 0 saturated carbocycles. The van der Waals surface area contributed by atoms with Crippen LogP contribution in [-0.2, 0) is 11.3 Å². The predicted molar refractivity (Wildman–Crippen MR) is 103 cm³/mol. The van der Waals surface area contributed by atoms with Crippen molar-refractivity contribution in [1.29, 1.82) is 0 Å². The van der Waals surface area contributed by atoms with E-state index in [1.54, 1.807) is 29.3 Å². The number of ether oxygens (including phenoxy) is 1. The van der Waals surface area contributed by atoms with Crippen LogP contribution in [0.1, 0.15) is 28.9 Å². The number of aromatic amines is 1. The molecule has 138 valence electrons. The van der Waals surface area contributed by atoms with Crippen molar-refractivity contribution in [2.45, 2.75) is 25.5 Å². The van der Waals surface area contributed by atoms with Gasteiger partial charge in [0, 0.05) is 30.4 Å². The second kappa shape index (κ2) is 7.72. The molecule has 6 heteroatoms. The molecule has 1 aliphatic heterocycles. The van der Waals surface area contributed by atoms with E-state index in [2.05, 4.69) is 9.97 Å². The Balaban J connectivity index is 1.65. The van der Waals surface area contributed by atoms with Crippen LogP contribution in [0.3, 0.4) is 0 Å². The van der Waals surface area contributed by atoms with Gasteiger partial charge in [0.2, 0.25) is 0 Å². The van der Waals surface area contributed by atoms with Gasteiger partial charge in [-0.2, -0.15) is 0 Å². The summed E-state index contributed by atoms with van der Waals surface area (Å²) in [4.78, 5) is 34.3. The number of nitrogens with one attached hydrogen (secondary N) is 1. The summed E-state index contributed by atoms with van der Waals surface area (Å²) in [5, 5.41) is 0.939. The summed E-state index contributed by atoms with van der Waals surface area (Å²) in [6.07, 6.45) is 3.50. The van der Waals surface area contributed by atoms with Crippen molar-refractivity contribution in [1.82, 2.24) is 14.9 Å². The van der Waals surface area contributed by atoms with Crippen molar-refractivity contribution >= 4 is 16.8 Å². The number of benzene rings is 1. The topological polar surface area (TPSA) is 75.3 Å². The fourth-order valence-corrected chi connectivity index (χ4v) is 3.42. The zero-order valence-electron chi connectivity index (χ0n) is 14.9. The first-order valence-electron chi connectivity index (χ1n) is 9.13. The van der Waals surface area contributed by atoms with Crippen molar-refractivity contribution in [3.63, 3.8) is 0 Å². The molecule has 1 atom stereocenters. The van der Waals surface area contributed by atoms with Crippen LogP contribution in [0.2, 0.25) is 0 Å². The van der Waals surface area contributed by atoms with Gasteiger partial charge in [-0.05, 0) is 42.5 Å². The summed E-state index contributed by atoms with van der Waals surface area (Å²) in [6.45, 7) is 1.38. The standard InChI is InChI=1S/C21H21N3O3/c25-20-16(12-15-6-1-2-8-18(15)23-20)13-24(14-17-7-5-11-27-17)21(26)19-9-3-4-10-22-19/h1-4,6,8-10,12,17H,5,7,11,13-14H2,(H,23,25)/t17-/m0/s1. The van der Waals surface area contributed by atoms with Gasteiger partial charge in [0.1, 0.15) is 5.69 Å². The maximum absolute atomic E-state index is 13.0. The lowest BCUT2D eigenvalue weighted by Crippen LogP contribution is -2.38. The average Bonchev–Trinajstić information content (AvgIpc) is 3.21. The number of hydrogen-bond donors (Lipinski definition) is 1. The van der Waals surface area contributed by atoms with Crippen LogP contribution < -0.4 is 5.56 Å². The molecule has 3 heterocycles. The molecule has 27 heavy (non-hydrogen) atoms. The number of nitrogens with zero attached hydrogens (tertiary/aromatic N) is 2. The Labute approximate surface area is 156 Å². The molecule has 0 unspecified atom stereocenters. The lowest BCUT2D eigenvalue weighted by molar-refractivity contribution is 0.0502. The number of aromatic nitrogens is 2. The summed E-state index contributed by atoms with van der Waals surface area (Å²) < 4.78 is 5.71. The summed E-state index contributed by atoms with van der Waals surface area (Å²) in [6, 6.07) is 14.7.